The summed E-state index contributed by atoms with van der Waals surface area (Å²) in [7, 11) is 0. The Balaban J connectivity index is 1.68. The van der Waals surface area contributed by atoms with Crippen LogP contribution in [0.15, 0.2) is 18.3 Å². The van der Waals surface area contributed by atoms with Crippen molar-refractivity contribution in [2.45, 2.75) is 45.3 Å². The summed E-state index contributed by atoms with van der Waals surface area (Å²) in [5, 5.41) is 0. The van der Waals surface area contributed by atoms with Crippen molar-refractivity contribution in [1.82, 2.24) is 9.47 Å². The van der Waals surface area contributed by atoms with E-state index in [1.54, 1.807) is 0 Å². The molecule has 0 bridgehead atoms. The van der Waals surface area contributed by atoms with Crippen molar-refractivity contribution in [2.75, 3.05) is 19.7 Å². The molecular weight excluding hydrogens is 252 g/mol. The monoisotopic (exact) mass is 276 g/mol. The number of carbonyl (C=O) groups excluding carboxylic acids is 1. The summed E-state index contributed by atoms with van der Waals surface area (Å²) in [4.78, 5) is 14.7. The Kier molecular flexibility index (Phi) is 3.83. The molecule has 0 N–H and O–H groups in total. The topological polar surface area (TPSA) is 34.5 Å². The summed E-state index contributed by atoms with van der Waals surface area (Å²) < 4.78 is 7.92. The van der Waals surface area contributed by atoms with Gasteiger partial charge in [-0.05, 0) is 37.3 Å². The molecule has 1 saturated carbocycles. The molecule has 0 spiro atoms. The van der Waals surface area contributed by atoms with Crippen LogP contribution in [0.3, 0.4) is 0 Å². The zero-order valence-corrected chi connectivity index (χ0v) is 12.4. The minimum Gasteiger partial charge on any atom is -0.375 e. The first-order chi connectivity index (χ1) is 9.65. The molecule has 0 aromatic carbocycles. The van der Waals surface area contributed by atoms with E-state index in [1.165, 1.54) is 12.8 Å². The van der Waals surface area contributed by atoms with Gasteiger partial charge >= 0.3 is 0 Å². The molecule has 20 heavy (non-hydrogen) atoms. The van der Waals surface area contributed by atoms with Gasteiger partial charge in [-0.3, -0.25) is 4.79 Å². The highest BCUT2D eigenvalue weighted by Crippen LogP contribution is 2.36. The van der Waals surface area contributed by atoms with Gasteiger partial charge in [0, 0.05) is 25.3 Å². The van der Waals surface area contributed by atoms with Crippen LogP contribution in [0.5, 0.6) is 0 Å². The van der Waals surface area contributed by atoms with Crippen molar-refractivity contribution in [3.63, 3.8) is 0 Å². The van der Waals surface area contributed by atoms with Crippen molar-refractivity contribution in [1.29, 1.82) is 0 Å². The second-order valence-corrected chi connectivity index (χ2v) is 6.41. The van der Waals surface area contributed by atoms with Crippen LogP contribution in [0.4, 0.5) is 0 Å². The van der Waals surface area contributed by atoms with Gasteiger partial charge in [-0.25, -0.2) is 0 Å². The normalized spacial score (nSPS) is 23.4. The first kappa shape index (κ1) is 13.7. The third-order valence-electron chi connectivity index (χ3n) is 4.10. The highest BCUT2D eigenvalue weighted by Gasteiger charge is 2.30. The standard InChI is InChI=1S/C16H24N2O2/c1-12(2)10-14-11-17(8-9-20-14)16(19)15-4-3-7-18(15)13-5-6-13/h3-4,7,12-14H,5-6,8-11H2,1-2H3. The molecule has 0 radical (unpaired) electrons. The summed E-state index contributed by atoms with van der Waals surface area (Å²) in [6.45, 7) is 6.49. The average Bonchev–Trinajstić information content (AvgIpc) is 3.15. The van der Waals surface area contributed by atoms with Crippen molar-refractivity contribution < 1.29 is 9.53 Å². The summed E-state index contributed by atoms with van der Waals surface area (Å²) in [5.41, 5.74) is 0.845. The fourth-order valence-corrected chi connectivity index (χ4v) is 2.98. The molecule has 110 valence electrons. The lowest BCUT2D eigenvalue weighted by Crippen LogP contribution is -2.46. The molecule has 3 rings (SSSR count). The fourth-order valence-electron chi connectivity index (χ4n) is 2.98. The number of rotatable bonds is 4. The van der Waals surface area contributed by atoms with Crippen LogP contribution < -0.4 is 0 Å². The summed E-state index contributed by atoms with van der Waals surface area (Å²) in [6, 6.07) is 4.49. The Morgan fingerprint density at radius 3 is 2.95 bits per heavy atom. The van der Waals surface area contributed by atoms with Crippen molar-refractivity contribution in [3.8, 4) is 0 Å². The quantitative estimate of drug-likeness (QED) is 0.847. The number of hydrogen-bond acceptors (Lipinski definition) is 2. The van der Waals surface area contributed by atoms with Crippen LogP contribution >= 0.6 is 0 Å². The Bertz CT molecular complexity index is 477. The number of amides is 1. The maximum Gasteiger partial charge on any atom is 0.270 e. The average molecular weight is 276 g/mol. The lowest BCUT2D eigenvalue weighted by Gasteiger charge is -2.34. The highest BCUT2D eigenvalue weighted by molar-refractivity contribution is 5.93. The second kappa shape index (κ2) is 5.60. The van der Waals surface area contributed by atoms with Crippen LogP contribution in [-0.4, -0.2) is 41.2 Å². The molecule has 1 aliphatic carbocycles. The van der Waals surface area contributed by atoms with Crippen molar-refractivity contribution in [3.05, 3.63) is 24.0 Å². The van der Waals surface area contributed by atoms with Crippen LogP contribution in [0.1, 0.15) is 49.6 Å². The Morgan fingerprint density at radius 1 is 1.45 bits per heavy atom. The number of morpholine rings is 1. The van der Waals surface area contributed by atoms with Gasteiger partial charge in [-0.2, -0.15) is 0 Å². The Hall–Kier alpha value is -1.29. The molecule has 2 heterocycles. The second-order valence-electron chi connectivity index (χ2n) is 6.41. The van der Waals surface area contributed by atoms with Gasteiger partial charge in [-0.1, -0.05) is 13.8 Å². The largest absolute Gasteiger partial charge is 0.375 e. The molecule has 1 unspecified atom stereocenters. The van der Waals surface area contributed by atoms with Gasteiger partial charge in [0.15, 0.2) is 0 Å². The third kappa shape index (κ3) is 2.90. The number of aromatic nitrogens is 1. The molecule has 1 aliphatic heterocycles. The van der Waals surface area contributed by atoms with Crippen LogP contribution in [0, 0.1) is 5.92 Å². The van der Waals surface area contributed by atoms with Gasteiger partial charge < -0.3 is 14.2 Å². The molecule has 1 amide bonds. The first-order valence-electron chi connectivity index (χ1n) is 7.73. The maximum atomic E-state index is 12.7. The lowest BCUT2D eigenvalue weighted by molar-refractivity contribution is -0.0301. The molecule has 1 atom stereocenters. The molecule has 2 aliphatic rings. The molecule has 4 heteroatoms. The van der Waals surface area contributed by atoms with Crippen LogP contribution in [0.2, 0.25) is 0 Å². The van der Waals surface area contributed by atoms with Gasteiger partial charge in [0.1, 0.15) is 5.69 Å². The predicted molar refractivity (Wildman–Crippen MR) is 77.8 cm³/mol. The maximum absolute atomic E-state index is 12.7. The van der Waals surface area contributed by atoms with E-state index in [-0.39, 0.29) is 12.0 Å². The van der Waals surface area contributed by atoms with Gasteiger partial charge in [0.2, 0.25) is 0 Å². The lowest BCUT2D eigenvalue weighted by atomic mass is 10.0. The molecule has 1 saturated heterocycles. The Morgan fingerprint density at radius 2 is 2.25 bits per heavy atom. The van der Waals surface area contributed by atoms with E-state index in [2.05, 4.69) is 18.4 Å². The van der Waals surface area contributed by atoms with Gasteiger partial charge in [0.05, 0.1) is 12.7 Å². The van der Waals surface area contributed by atoms with E-state index in [0.29, 0.717) is 25.1 Å². The fraction of sp³-hybridized carbons (Fsp3) is 0.688. The summed E-state index contributed by atoms with van der Waals surface area (Å²) in [6.07, 6.45) is 5.66. The number of ether oxygens (including phenoxy) is 1. The molecule has 1 aromatic rings. The minimum absolute atomic E-state index is 0.166. The van der Waals surface area contributed by atoms with E-state index in [0.717, 1.165) is 18.7 Å². The number of nitrogens with zero attached hydrogens (tertiary/aromatic N) is 2. The van der Waals surface area contributed by atoms with E-state index in [4.69, 9.17) is 4.74 Å². The van der Waals surface area contributed by atoms with Crippen molar-refractivity contribution in [2.24, 2.45) is 5.92 Å². The SMILES string of the molecule is CC(C)CC1CN(C(=O)c2cccn2C2CC2)CCO1. The van der Waals surface area contributed by atoms with E-state index in [1.807, 2.05) is 23.2 Å². The van der Waals surface area contributed by atoms with Gasteiger partial charge in [0.25, 0.3) is 5.91 Å². The number of hydrogen-bond donors (Lipinski definition) is 0. The molecule has 2 fully saturated rings. The zero-order valence-electron chi connectivity index (χ0n) is 12.4. The van der Waals surface area contributed by atoms with Crippen LogP contribution in [-0.2, 0) is 4.74 Å². The van der Waals surface area contributed by atoms with Crippen LogP contribution in [0.25, 0.3) is 0 Å². The molecular formula is C16H24N2O2. The highest BCUT2D eigenvalue weighted by atomic mass is 16.5. The van der Waals surface area contributed by atoms with E-state index < -0.39 is 0 Å². The Labute approximate surface area is 120 Å². The van der Waals surface area contributed by atoms with E-state index >= 15 is 0 Å². The van der Waals surface area contributed by atoms with E-state index in [9.17, 15) is 4.79 Å². The number of carbonyl (C=O) groups is 1. The van der Waals surface area contributed by atoms with Crippen molar-refractivity contribution >= 4 is 5.91 Å². The van der Waals surface area contributed by atoms with Gasteiger partial charge in [-0.15, -0.1) is 0 Å². The third-order valence-corrected chi connectivity index (χ3v) is 4.10. The molecule has 4 nitrogen and oxygen atoms in total. The smallest absolute Gasteiger partial charge is 0.270 e. The summed E-state index contributed by atoms with van der Waals surface area (Å²) in [5.74, 6) is 0.768. The predicted octanol–water partition coefficient (Wildman–Crippen LogP) is 2.71. The zero-order chi connectivity index (χ0) is 14.1. The first-order valence-corrected chi connectivity index (χ1v) is 7.73. The summed E-state index contributed by atoms with van der Waals surface area (Å²) >= 11 is 0. The molecule has 1 aromatic heterocycles. The minimum atomic E-state index is 0.166.